The Morgan fingerprint density at radius 1 is 1.29 bits per heavy atom. The second-order valence-corrected chi connectivity index (χ2v) is 3.66. The molecule has 1 aliphatic heterocycles. The Morgan fingerprint density at radius 3 is 2.59 bits per heavy atom. The fourth-order valence-corrected chi connectivity index (χ4v) is 1.56. The number of hydrogen-bond acceptors (Lipinski definition) is 3. The van der Waals surface area contributed by atoms with E-state index in [0.29, 0.717) is 12.4 Å². The molecule has 2 rings (SSSR count). The highest BCUT2D eigenvalue weighted by molar-refractivity contribution is 5.52. The van der Waals surface area contributed by atoms with Crippen LogP contribution in [0.1, 0.15) is 0 Å². The number of halogens is 3. The molecule has 1 aliphatic rings. The third-order valence-corrected chi connectivity index (χ3v) is 2.34. The molecule has 3 nitrogen and oxygen atoms in total. The average molecular weight is 244 g/mol. The number of hydrogen-bond donors (Lipinski definition) is 0. The molecule has 92 valence electrons. The van der Waals surface area contributed by atoms with Crippen LogP contribution >= 0.6 is 0 Å². The summed E-state index contributed by atoms with van der Waals surface area (Å²) in [4.78, 5) is 3.69. The number of nitrogens with zero attached hydrogens (tertiary/aromatic N) is 2. The molecule has 0 N–H and O–H groups in total. The Hall–Kier alpha value is -1.85. The minimum absolute atomic E-state index is 0.444. The molecule has 0 unspecified atom stereocenters. The Bertz CT molecular complexity index is 437. The van der Waals surface area contributed by atoms with Gasteiger partial charge in [0.25, 0.3) is 0 Å². The molecule has 1 heterocycles. The average Bonchev–Trinajstić information content (AvgIpc) is 2.67. The van der Waals surface area contributed by atoms with Gasteiger partial charge in [-0.1, -0.05) is 0 Å². The molecule has 0 saturated carbocycles. The van der Waals surface area contributed by atoms with Gasteiger partial charge in [-0.15, -0.1) is 0 Å². The van der Waals surface area contributed by atoms with Crippen molar-refractivity contribution in [1.82, 2.24) is 4.90 Å². The highest BCUT2D eigenvalue weighted by atomic mass is 19.3. The van der Waals surface area contributed by atoms with Crippen LogP contribution in [-0.2, 0) is 0 Å². The van der Waals surface area contributed by atoms with Crippen molar-refractivity contribution in [2.45, 2.75) is 6.61 Å². The third kappa shape index (κ3) is 2.64. The minimum atomic E-state index is -3.02. The molecule has 0 aliphatic carbocycles. The summed E-state index contributed by atoms with van der Waals surface area (Å²) < 4.78 is 41.3. The van der Waals surface area contributed by atoms with Crippen molar-refractivity contribution >= 4 is 5.69 Å². The highest BCUT2D eigenvalue weighted by Gasteiger charge is 2.15. The van der Waals surface area contributed by atoms with Gasteiger partial charge in [-0.05, 0) is 12.1 Å². The van der Waals surface area contributed by atoms with Crippen LogP contribution in [0.2, 0.25) is 0 Å². The number of alkyl halides is 2. The monoisotopic (exact) mass is 244 g/mol. The normalized spacial score (nSPS) is 14.9. The molecule has 1 aromatic carbocycles. The maximum Gasteiger partial charge on any atom is 0.387 e. The van der Waals surface area contributed by atoms with Gasteiger partial charge in [0.05, 0.1) is 6.67 Å². The zero-order chi connectivity index (χ0) is 12.4. The van der Waals surface area contributed by atoms with Crippen LogP contribution in [0.3, 0.4) is 0 Å². The second kappa shape index (κ2) is 4.57. The summed E-state index contributed by atoms with van der Waals surface area (Å²) in [5.74, 6) is -1.24. The van der Waals surface area contributed by atoms with E-state index in [1.54, 1.807) is 11.1 Å². The molecule has 0 aromatic heterocycles. The molecule has 0 bridgehead atoms. The van der Waals surface area contributed by atoms with Gasteiger partial charge in [-0.25, -0.2) is 4.39 Å². The van der Waals surface area contributed by atoms with Gasteiger partial charge in [0.2, 0.25) is 0 Å². The lowest BCUT2D eigenvalue weighted by atomic mass is 10.2. The third-order valence-electron chi connectivity index (χ3n) is 2.34. The van der Waals surface area contributed by atoms with Gasteiger partial charge in [0.15, 0.2) is 11.6 Å². The fraction of sp³-hybridized carbons (Fsp3) is 0.273. The summed E-state index contributed by atoms with van der Waals surface area (Å²) in [5.41, 5.74) is 0.588. The lowest BCUT2D eigenvalue weighted by molar-refractivity contribution is -0.0521. The topological polar surface area (TPSA) is 15.7 Å². The molecule has 17 heavy (non-hydrogen) atoms. The first-order valence-electron chi connectivity index (χ1n) is 4.96. The number of rotatable bonds is 3. The van der Waals surface area contributed by atoms with Gasteiger partial charge in [-0.2, -0.15) is 8.78 Å². The summed E-state index contributed by atoms with van der Waals surface area (Å²) >= 11 is 0. The predicted molar refractivity (Wildman–Crippen MR) is 57.3 cm³/mol. The molecule has 0 spiro atoms. The second-order valence-electron chi connectivity index (χ2n) is 3.66. The van der Waals surface area contributed by atoms with Crippen molar-refractivity contribution in [2.75, 3.05) is 18.6 Å². The number of benzene rings is 1. The van der Waals surface area contributed by atoms with Crippen LogP contribution in [-0.4, -0.2) is 25.2 Å². The van der Waals surface area contributed by atoms with E-state index in [2.05, 4.69) is 4.74 Å². The van der Waals surface area contributed by atoms with Crippen LogP contribution < -0.4 is 9.64 Å². The van der Waals surface area contributed by atoms with E-state index in [9.17, 15) is 13.2 Å². The predicted octanol–water partition coefficient (Wildman–Crippen LogP) is 2.61. The summed E-state index contributed by atoms with van der Waals surface area (Å²) in [7, 11) is 1.88. The summed E-state index contributed by atoms with van der Waals surface area (Å²) in [6.45, 7) is -2.43. The first-order chi connectivity index (χ1) is 8.06. The molecule has 0 radical (unpaired) electrons. The Labute approximate surface area is 96.7 Å². The molecule has 0 atom stereocenters. The first-order valence-corrected chi connectivity index (χ1v) is 4.96. The van der Waals surface area contributed by atoms with Crippen LogP contribution in [0.25, 0.3) is 0 Å². The summed E-state index contributed by atoms with van der Waals surface area (Å²) in [6.07, 6.45) is 3.61. The van der Waals surface area contributed by atoms with Gasteiger partial charge >= 0.3 is 6.61 Å². The first kappa shape index (κ1) is 11.6. The van der Waals surface area contributed by atoms with Crippen molar-refractivity contribution in [2.24, 2.45) is 0 Å². The standard InChI is InChI=1S/C11H11F3N2O/c1-15-4-5-16(7-15)8-2-3-10(9(12)6-8)17-11(13)14/h2-6,11H,7H2,1H3. The lowest BCUT2D eigenvalue weighted by Gasteiger charge is -2.18. The van der Waals surface area contributed by atoms with E-state index in [-0.39, 0.29) is 0 Å². The largest absolute Gasteiger partial charge is 0.432 e. The Kier molecular flexibility index (Phi) is 3.12. The van der Waals surface area contributed by atoms with Crippen molar-refractivity contribution in [3.63, 3.8) is 0 Å². The lowest BCUT2D eigenvalue weighted by Crippen LogP contribution is -2.21. The maximum absolute atomic E-state index is 13.4. The van der Waals surface area contributed by atoms with Crippen LogP contribution in [0.15, 0.2) is 30.6 Å². The molecular weight excluding hydrogens is 233 g/mol. The van der Waals surface area contributed by atoms with Crippen molar-refractivity contribution in [3.8, 4) is 5.75 Å². The van der Waals surface area contributed by atoms with Gasteiger partial charge in [-0.3, -0.25) is 0 Å². The number of anilines is 1. The SMILES string of the molecule is CN1C=CN(c2ccc(OC(F)F)c(F)c2)C1. The van der Waals surface area contributed by atoms with E-state index < -0.39 is 18.2 Å². The van der Waals surface area contributed by atoms with E-state index >= 15 is 0 Å². The maximum atomic E-state index is 13.4. The van der Waals surface area contributed by atoms with Gasteiger partial charge in [0, 0.05) is 31.2 Å². The zero-order valence-electron chi connectivity index (χ0n) is 9.11. The molecule has 0 amide bonds. The quantitative estimate of drug-likeness (QED) is 0.812. The number of ether oxygens (including phenoxy) is 1. The zero-order valence-corrected chi connectivity index (χ0v) is 9.11. The summed E-state index contributed by atoms with van der Waals surface area (Å²) in [6, 6.07) is 3.90. The Balaban J connectivity index is 2.16. The molecule has 0 saturated heterocycles. The van der Waals surface area contributed by atoms with Crippen LogP contribution in [0.5, 0.6) is 5.75 Å². The van der Waals surface area contributed by atoms with Crippen LogP contribution in [0.4, 0.5) is 18.9 Å². The molecule has 0 fully saturated rings. The summed E-state index contributed by atoms with van der Waals surface area (Å²) in [5, 5.41) is 0. The molecule has 6 heteroatoms. The van der Waals surface area contributed by atoms with E-state index in [0.717, 1.165) is 0 Å². The fourth-order valence-electron chi connectivity index (χ4n) is 1.56. The van der Waals surface area contributed by atoms with Crippen LogP contribution in [0, 0.1) is 5.82 Å². The van der Waals surface area contributed by atoms with Gasteiger partial charge in [0.1, 0.15) is 0 Å². The van der Waals surface area contributed by atoms with E-state index in [1.165, 1.54) is 18.2 Å². The minimum Gasteiger partial charge on any atom is -0.432 e. The highest BCUT2D eigenvalue weighted by Crippen LogP contribution is 2.26. The van der Waals surface area contributed by atoms with E-state index in [4.69, 9.17) is 0 Å². The smallest absolute Gasteiger partial charge is 0.387 e. The van der Waals surface area contributed by atoms with Gasteiger partial charge < -0.3 is 14.5 Å². The van der Waals surface area contributed by atoms with Crippen molar-refractivity contribution in [3.05, 3.63) is 36.4 Å². The Morgan fingerprint density at radius 2 is 2.06 bits per heavy atom. The van der Waals surface area contributed by atoms with E-state index in [1.807, 2.05) is 18.1 Å². The van der Waals surface area contributed by atoms with Crippen molar-refractivity contribution in [1.29, 1.82) is 0 Å². The van der Waals surface area contributed by atoms with Crippen molar-refractivity contribution < 1.29 is 17.9 Å². The molecular formula is C11H11F3N2O. The molecule has 1 aromatic rings.